The number of rotatable bonds is 6. The molecule has 4 nitrogen and oxygen atoms in total. The van der Waals surface area contributed by atoms with Crippen molar-refractivity contribution in [2.45, 2.75) is 65.6 Å². The molecule has 0 spiro atoms. The Morgan fingerprint density at radius 1 is 1.24 bits per heavy atom. The summed E-state index contributed by atoms with van der Waals surface area (Å²) in [7, 11) is 0. The Hall–Kier alpha value is -1.81. The lowest BCUT2D eigenvalue weighted by atomic mass is 9.93. The summed E-state index contributed by atoms with van der Waals surface area (Å²) >= 11 is 0. The Balaban J connectivity index is 2.00. The molecule has 0 saturated carbocycles. The second-order valence-corrected chi connectivity index (χ2v) is 7.23. The normalized spacial score (nSPS) is 16.8. The summed E-state index contributed by atoms with van der Waals surface area (Å²) < 4.78 is 2.04. The molecular weight excluding hydrogens is 308 g/mol. The van der Waals surface area contributed by atoms with Gasteiger partial charge in [0, 0.05) is 18.8 Å². The Morgan fingerprint density at radius 2 is 2.00 bits per heavy atom. The van der Waals surface area contributed by atoms with Crippen LogP contribution in [0.3, 0.4) is 0 Å². The standard InChI is InChI=1S/C21H32N4/c1-5-21(20-8-7-16(3)13-17(20)4)25(18-9-11-22-12-10-18)19-14-23-24(6-2)15-19/h7-8,13-15,18,21-22H,5-6,9-12H2,1-4H3. The summed E-state index contributed by atoms with van der Waals surface area (Å²) in [6.45, 7) is 12.0. The molecule has 3 rings (SSSR count). The molecule has 1 atom stereocenters. The van der Waals surface area contributed by atoms with E-state index in [9.17, 15) is 0 Å². The van der Waals surface area contributed by atoms with Gasteiger partial charge in [0.25, 0.3) is 0 Å². The van der Waals surface area contributed by atoms with Gasteiger partial charge in [-0.3, -0.25) is 4.68 Å². The lowest BCUT2D eigenvalue weighted by molar-refractivity contribution is 0.397. The highest BCUT2D eigenvalue weighted by Gasteiger charge is 2.29. The molecule has 136 valence electrons. The monoisotopic (exact) mass is 340 g/mol. The van der Waals surface area contributed by atoms with E-state index in [0.29, 0.717) is 12.1 Å². The van der Waals surface area contributed by atoms with Gasteiger partial charge in [0.2, 0.25) is 0 Å². The smallest absolute Gasteiger partial charge is 0.0760 e. The molecular formula is C21H32N4. The minimum Gasteiger partial charge on any atom is -0.359 e. The molecule has 1 unspecified atom stereocenters. The molecule has 1 N–H and O–H groups in total. The van der Waals surface area contributed by atoms with Crippen molar-refractivity contribution in [3.05, 3.63) is 47.3 Å². The summed E-state index contributed by atoms with van der Waals surface area (Å²) in [6, 6.07) is 7.87. The number of nitrogens with zero attached hydrogens (tertiary/aromatic N) is 3. The number of nitrogens with one attached hydrogen (secondary N) is 1. The van der Waals surface area contributed by atoms with Crippen LogP contribution in [0.5, 0.6) is 0 Å². The first-order chi connectivity index (χ1) is 12.1. The van der Waals surface area contributed by atoms with Crippen LogP contribution in [0.25, 0.3) is 0 Å². The summed E-state index contributed by atoms with van der Waals surface area (Å²) in [6.07, 6.45) is 7.76. The minimum atomic E-state index is 0.401. The van der Waals surface area contributed by atoms with Crippen molar-refractivity contribution in [2.75, 3.05) is 18.0 Å². The second-order valence-electron chi connectivity index (χ2n) is 7.23. The van der Waals surface area contributed by atoms with Crippen LogP contribution in [0.2, 0.25) is 0 Å². The Morgan fingerprint density at radius 3 is 2.60 bits per heavy atom. The Kier molecular flexibility index (Phi) is 5.79. The fourth-order valence-corrected chi connectivity index (χ4v) is 4.15. The van der Waals surface area contributed by atoms with Crippen LogP contribution in [0.4, 0.5) is 5.69 Å². The van der Waals surface area contributed by atoms with Gasteiger partial charge in [-0.15, -0.1) is 0 Å². The molecule has 2 heterocycles. The Bertz CT molecular complexity index is 685. The van der Waals surface area contributed by atoms with Crippen LogP contribution < -0.4 is 10.2 Å². The van der Waals surface area contributed by atoms with Gasteiger partial charge in [0.1, 0.15) is 0 Å². The first kappa shape index (κ1) is 18.0. The van der Waals surface area contributed by atoms with E-state index in [2.05, 4.69) is 73.6 Å². The molecule has 0 radical (unpaired) electrons. The van der Waals surface area contributed by atoms with Crippen LogP contribution in [-0.4, -0.2) is 28.9 Å². The molecule has 4 heteroatoms. The highest BCUT2D eigenvalue weighted by atomic mass is 15.3. The van der Waals surface area contributed by atoms with E-state index in [1.54, 1.807) is 0 Å². The van der Waals surface area contributed by atoms with E-state index < -0.39 is 0 Å². The first-order valence-electron chi connectivity index (χ1n) is 9.72. The van der Waals surface area contributed by atoms with Gasteiger partial charge in [0.15, 0.2) is 0 Å². The van der Waals surface area contributed by atoms with Crippen molar-refractivity contribution in [1.82, 2.24) is 15.1 Å². The van der Waals surface area contributed by atoms with Crippen LogP contribution in [-0.2, 0) is 6.54 Å². The van der Waals surface area contributed by atoms with Crippen LogP contribution >= 0.6 is 0 Å². The van der Waals surface area contributed by atoms with E-state index in [1.165, 1.54) is 35.2 Å². The predicted octanol–water partition coefficient (Wildman–Crippen LogP) is 4.23. The quantitative estimate of drug-likeness (QED) is 0.854. The van der Waals surface area contributed by atoms with Crippen molar-refractivity contribution >= 4 is 5.69 Å². The van der Waals surface area contributed by atoms with E-state index in [0.717, 1.165) is 26.1 Å². The molecule has 0 aliphatic carbocycles. The van der Waals surface area contributed by atoms with Crippen molar-refractivity contribution < 1.29 is 0 Å². The zero-order chi connectivity index (χ0) is 17.8. The lowest BCUT2D eigenvalue weighted by Crippen LogP contribution is -2.45. The molecule has 2 aromatic rings. The van der Waals surface area contributed by atoms with Crippen molar-refractivity contribution in [2.24, 2.45) is 0 Å². The number of hydrogen-bond donors (Lipinski definition) is 1. The molecule has 0 bridgehead atoms. The van der Waals surface area contributed by atoms with Crippen LogP contribution in [0, 0.1) is 13.8 Å². The topological polar surface area (TPSA) is 33.1 Å². The Labute approximate surface area is 152 Å². The lowest BCUT2D eigenvalue weighted by Gasteiger charge is -2.41. The molecule has 1 aliphatic heterocycles. The number of piperidine rings is 1. The zero-order valence-corrected chi connectivity index (χ0v) is 16.1. The second kappa shape index (κ2) is 8.05. The molecule has 1 aromatic heterocycles. The molecule has 25 heavy (non-hydrogen) atoms. The number of aromatic nitrogens is 2. The average Bonchev–Trinajstić information content (AvgIpc) is 3.09. The minimum absolute atomic E-state index is 0.401. The summed E-state index contributed by atoms with van der Waals surface area (Å²) in [5.41, 5.74) is 5.45. The van der Waals surface area contributed by atoms with Gasteiger partial charge in [-0.25, -0.2) is 0 Å². The van der Waals surface area contributed by atoms with Gasteiger partial charge in [0.05, 0.1) is 17.9 Å². The summed E-state index contributed by atoms with van der Waals surface area (Å²) in [5.74, 6) is 0. The number of benzene rings is 1. The maximum Gasteiger partial charge on any atom is 0.0760 e. The van der Waals surface area contributed by atoms with Gasteiger partial charge < -0.3 is 10.2 Å². The highest BCUT2D eigenvalue weighted by Crippen LogP contribution is 2.35. The predicted molar refractivity (Wildman–Crippen MR) is 105 cm³/mol. The molecule has 1 aromatic carbocycles. The SMILES string of the molecule is CCC(c1ccc(C)cc1C)N(c1cnn(CC)c1)C1CCNCC1. The average molecular weight is 341 g/mol. The number of anilines is 1. The summed E-state index contributed by atoms with van der Waals surface area (Å²) in [5, 5.41) is 8.06. The highest BCUT2D eigenvalue weighted by molar-refractivity contribution is 5.49. The van der Waals surface area contributed by atoms with Gasteiger partial charge in [-0.2, -0.15) is 5.10 Å². The van der Waals surface area contributed by atoms with Crippen molar-refractivity contribution in [3.63, 3.8) is 0 Å². The third-order valence-corrected chi connectivity index (χ3v) is 5.45. The zero-order valence-electron chi connectivity index (χ0n) is 16.1. The van der Waals surface area contributed by atoms with Gasteiger partial charge in [-0.05, 0) is 64.3 Å². The number of hydrogen-bond acceptors (Lipinski definition) is 3. The third-order valence-electron chi connectivity index (χ3n) is 5.45. The van der Waals surface area contributed by atoms with Crippen molar-refractivity contribution in [1.29, 1.82) is 0 Å². The third kappa shape index (κ3) is 3.90. The maximum atomic E-state index is 4.56. The van der Waals surface area contributed by atoms with E-state index >= 15 is 0 Å². The van der Waals surface area contributed by atoms with E-state index in [-0.39, 0.29) is 0 Å². The molecule has 0 amide bonds. The van der Waals surface area contributed by atoms with Gasteiger partial charge in [-0.1, -0.05) is 30.7 Å². The fraction of sp³-hybridized carbons (Fsp3) is 0.571. The maximum absolute atomic E-state index is 4.56. The van der Waals surface area contributed by atoms with Crippen LogP contribution in [0.15, 0.2) is 30.6 Å². The van der Waals surface area contributed by atoms with Crippen LogP contribution in [0.1, 0.15) is 55.8 Å². The first-order valence-corrected chi connectivity index (χ1v) is 9.72. The van der Waals surface area contributed by atoms with Crippen molar-refractivity contribution in [3.8, 4) is 0 Å². The van der Waals surface area contributed by atoms with E-state index in [4.69, 9.17) is 0 Å². The summed E-state index contributed by atoms with van der Waals surface area (Å²) in [4.78, 5) is 2.65. The number of aryl methyl sites for hydroxylation is 3. The fourth-order valence-electron chi connectivity index (χ4n) is 4.15. The van der Waals surface area contributed by atoms with E-state index in [1.807, 2.05) is 4.68 Å². The van der Waals surface area contributed by atoms with Gasteiger partial charge >= 0.3 is 0 Å². The molecule has 1 fully saturated rings. The largest absolute Gasteiger partial charge is 0.359 e. The molecule has 1 saturated heterocycles. The molecule has 1 aliphatic rings.